The molecule has 21 heavy (non-hydrogen) atoms. The van der Waals surface area contributed by atoms with Crippen LogP contribution in [-0.4, -0.2) is 33.8 Å². The number of hydrogen-bond acceptors (Lipinski definition) is 3. The van der Waals surface area contributed by atoms with Crippen LogP contribution in [0.2, 0.25) is 0 Å². The van der Waals surface area contributed by atoms with Gasteiger partial charge in [-0.25, -0.2) is 9.07 Å². The van der Waals surface area contributed by atoms with Gasteiger partial charge in [0.25, 0.3) is 0 Å². The first-order valence-electron chi connectivity index (χ1n) is 6.90. The van der Waals surface area contributed by atoms with Gasteiger partial charge in [-0.1, -0.05) is 6.92 Å². The van der Waals surface area contributed by atoms with Crippen LogP contribution in [0, 0.1) is 11.7 Å². The van der Waals surface area contributed by atoms with E-state index in [1.54, 1.807) is 18.3 Å². The third kappa shape index (κ3) is 3.43. The fraction of sp³-hybridized carbons (Fsp3) is 0.400. The smallest absolute Gasteiger partial charge is 0.123 e. The minimum Gasteiger partial charge on any atom is -0.326 e. The first-order valence-corrected chi connectivity index (χ1v) is 6.90. The van der Waals surface area contributed by atoms with E-state index in [0.29, 0.717) is 5.92 Å². The van der Waals surface area contributed by atoms with Crippen LogP contribution in [0.25, 0.3) is 5.69 Å². The predicted octanol–water partition coefficient (Wildman–Crippen LogP) is 2.21. The number of hydrogen-bond donors (Lipinski definition) is 1. The standard InChI is InChI=1S/C15H19FN4.ClH/c1-11-8-19(10-15(11)17)9-14-6-7-18-20(14)13-4-2-12(16)3-5-13;/h2-7,11,15H,8-10,17H2,1H3;1H. The van der Waals surface area contributed by atoms with E-state index >= 15 is 0 Å². The van der Waals surface area contributed by atoms with Crippen molar-refractivity contribution in [3.8, 4) is 5.69 Å². The Morgan fingerprint density at radius 2 is 1.95 bits per heavy atom. The summed E-state index contributed by atoms with van der Waals surface area (Å²) in [5.41, 5.74) is 8.03. The van der Waals surface area contributed by atoms with Crippen molar-refractivity contribution in [2.45, 2.75) is 19.5 Å². The summed E-state index contributed by atoms with van der Waals surface area (Å²) in [5.74, 6) is 0.291. The Kier molecular flexibility index (Phi) is 4.98. The highest BCUT2D eigenvalue weighted by Gasteiger charge is 2.27. The summed E-state index contributed by atoms with van der Waals surface area (Å²) in [6.45, 7) is 4.92. The first-order chi connectivity index (χ1) is 9.63. The lowest BCUT2D eigenvalue weighted by molar-refractivity contribution is 0.312. The molecule has 2 aromatic rings. The van der Waals surface area contributed by atoms with Gasteiger partial charge in [0, 0.05) is 31.9 Å². The Labute approximate surface area is 130 Å². The molecule has 0 amide bonds. The zero-order chi connectivity index (χ0) is 14.1. The van der Waals surface area contributed by atoms with E-state index < -0.39 is 0 Å². The average Bonchev–Trinajstić information content (AvgIpc) is 2.99. The van der Waals surface area contributed by atoms with Gasteiger partial charge < -0.3 is 5.73 Å². The van der Waals surface area contributed by atoms with E-state index in [1.165, 1.54) is 12.1 Å². The lowest BCUT2D eigenvalue weighted by Gasteiger charge is -2.16. The summed E-state index contributed by atoms with van der Waals surface area (Å²) < 4.78 is 14.8. The summed E-state index contributed by atoms with van der Waals surface area (Å²) in [6, 6.07) is 8.63. The molecule has 3 rings (SSSR count). The topological polar surface area (TPSA) is 47.1 Å². The Balaban J connectivity index is 0.00000161. The highest BCUT2D eigenvalue weighted by molar-refractivity contribution is 5.85. The van der Waals surface area contributed by atoms with Gasteiger partial charge in [0.15, 0.2) is 0 Å². The van der Waals surface area contributed by atoms with Crippen molar-refractivity contribution in [2.24, 2.45) is 11.7 Å². The maximum Gasteiger partial charge on any atom is 0.123 e. The number of likely N-dealkylation sites (tertiary alicyclic amines) is 1. The normalized spacial score (nSPS) is 22.2. The lowest BCUT2D eigenvalue weighted by atomic mass is 10.1. The quantitative estimate of drug-likeness (QED) is 0.945. The molecule has 2 N–H and O–H groups in total. The molecule has 2 heterocycles. The number of nitrogens with two attached hydrogens (primary N) is 1. The average molecular weight is 311 g/mol. The maximum atomic E-state index is 13.0. The minimum absolute atomic E-state index is 0. The molecule has 2 atom stereocenters. The van der Waals surface area contributed by atoms with Gasteiger partial charge in [-0.3, -0.25) is 4.90 Å². The van der Waals surface area contributed by atoms with Crippen molar-refractivity contribution in [3.05, 3.63) is 48.0 Å². The van der Waals surface area contributed by atoms with Crippen LogP contribution < -0.4 is 5.73 Å². The van der Waals surface area contributed by atoms with Gasteiger partial charge in [0.2, 0.25) is 0 Å². The van der Waals surface area contributed by atoms with Gasteiger partial charge in [0.1, 0.15) is 5.82 Å². The highest BCUT2D eigenvalue weighted by Crippen LogP contribution is 2.19. The van der Waals surface area contributed by atoms with Crippen LogP contribution >= 0.6 is 12.4 Å². The molecule has 114 valence electrons. The molecule has 2 unspecified atom stereocenters. The molecule has 1 aromatic carbocycles. The molecular weight excluding hydrogens is 291 g/mol. The van der Waals surface area contributed by atoms with Gasteiger partial charge in [0.05, 0.1) is 11.4 Å². The van der Waals surface area contributed by atoms with E-state index in [9.17, 15) is 4.39 Å². The zero-order valence-electron chi connectivity index (χ0n) is 11.9. The Morgan fingerprint density at radius 3 is 2.57 bits per heavy atom. The van der Waals surface area contributed by atoms with Crippen LogP contribution in [-0.2, 0) is 6.54 Å². The monoisotopic (exact) mass is 310 g/mol. The second-order valence-electron chi connectivity index (χ2n) is 5.55. The summed E-state index contributed by atoms with van der Waals surface area (Å²) in [5, 5.41) is 4.33. The van der Waals surface area contributed by atoms with Crippen molar-refractivity contribution in [3.63, 3.8) is 0 Å². The van der Waals surface area contributed by atoms with Crippen LogP contribution in [0.1, 0.15) is 12.6 Å². The Bertz CT molecular complexity index is 574. The second kappa shape index (κ2) is 6.56. The van der Waals surface area contributed by atoms with E-state index in [1.807, 2.05) is 10.7 Å². The van der Waals surface area contributed by atoms with Crippen LogP contribution in [0.15, 0.2) is 36.5 Å². The molecule has 1 fully saturated rings. The molecule has 0 aliphatic carbocycles. The number of rotatable bonds is 3. The molecule has 1 aromatic heterocycles. The van der Waals surface area contributed by atoms with Gasteiger partial charge in [-0.2, -0.15) is 5.10 Å². The molecule has 0 radical (unpaired) electrons. The van der Waals surface area contributed by atoms with Gasteiger partial charge in [-0.05, 0) is 36.2 Å². The van der Waals surface area contributed by atoms with Crippen LogP contribution in [0.4, 0.5) is 4.39 Å². The molecule has 1 aliphatic rings. The van der Waals surface area contributed by atoms with Crippen molar-refractivity contribution in [2.75, 3.05) is 13.1 Å². The van der Waals surface area contributed by atoms with Gasteiger partial charge >= 0.3 is 0 Å². The lowest BCUT2D eigenvalue weighted by Crippen LogP contribution is -2.28. The fourth-order valence-electron chi connectivity index (χ4n) is 2.72. The predicted molar refractivity (Wildman–Crippen MR) is 83.2 cm³/mol. The molecule has 0 spiro atoms. The summed E-state index contributed by atoms with van der Waals surface area (Å²) in [7, 11) is 0. The number of aromatic nitrogens is 2. The number of halogens is 2. The van der Waals surface area contributed by atoms with E-state index in [4.69, 9.17) is 5.73 Å². The third-order valence-electron chi connectivity index (χ3n) is 3.92. The van der Waals surface area contributed by atoms with Crippen molar-refractivity contribution >= 4 is 12.4 Å². The van der Waals surface area contributed by atoms with Crippen molar-refractivity contribution in [1.82, 2.24) is 14.7 Å². The molecule has 1 saturated heterocycles. The van der Waals surface area contributed by atoms with Crippen molar-refractivity contribution in [1.29, 1.82) is 0 Å². The summed E-state index contributed by atoms with van der Waals surface area (Å²) in [6.07, 6.45) is 1.78. The summed E-state index contributed by atoms with van der Waals surface area (Å²) >= 11 is 0. The molecule has 1 aliphatic heterocycles. The van der Waals surface area contributed by atoms with E-state index in [0.717, 1.165) is 31.0 Å². The Morgan fingerprint density at radius 1 is 1.24 bits per heavy atom. The number of benzene rings is 1. The molecular formula is C15H20ClFN4. The highest BCUT2D eigenvalue weighted by atomic mass is 35.5. The first kappa shape index (κ1) is 15.9. The maximum absolute atomic E-state index is 13.0. The minimum atomic E-state index is -0.234. The van der Waals surface area contributed by atoms with Crippen LogP contribution in [0.5, 0.6) is 0 Å². The second-order valence-corrected chi connectivity index (χ2v) is 5.55. The summed E-state index contributed by atoms with van der Waals surface area (Å²) in [4.78, 5) is 2.34. The molecule has 6 heteroatoms. The zero-order valence-corrected chi connectivity index (χ0v) is 12.8. The molecule has 0 bridgehead atoms. The van der Waals surface area contributed by atoms with E-state index in [2.05, 4.69) is 16.9 Å². The largest absolute Gasteiger partial charge is 0.326 e. The fourth-order valence-corrected chi connectivity index (χ4v) is 2.72. The third-order valence-corrected chi connectivity index (χ3v) is 3.92. The van der Waals surface area contributed by atoms with Crippen molar-refractivity contribution < 1.29 is 4.39 Å². The van der Waals surface area contributed by atoms with Crippen LogP contribution in [0.3, 0.4) is 0 Å². The van der Waals surface area contributed by atoms with E-state index in [-0.39, 0.29) is 24.3 Å². The Hall–Kier alpha value is -1.43. The molecule has 4 nitrogen and oxygen atoms in total. The SMILES string of the molecule is CC1CN(Cc2ccnn2-c2ccc(F)cc2)CC1N.Cl. The molecule has 0 saturated carbocycles. The van der Waals surface area contributed by atoms with Gasteiger partial charge in [-0.15, -0.1) is 12.4 Å². The number of nitrogens with zero attached hydrogens (tertiary/aromatic N) is 3.